The Morgan fingerprint density at radius 3 is 1.27 bits per heavy atom. The molecule has 2 aliphatic carbocycles. The van der Waals surface area contributed by atoms with E-state index in [4.69, 9.17) is 32.7 Å². The van der Waals surface area contributed by atoms with Gasteiger partial charge < -0.3 is 9.47 Å². The Balaban J connectivity index is 0.747. The zero-order valence-corrected chi connectivity index (χ0v) is 35.5. The summed E-state index contributed by atoms with van der Waals surface area (Å²) in [5.41, 5.74) is 4.55. The molecule has 9 heteroatoms. The Morgan fingerprint density at radius 2 is 0.900 bits per heavy atom. The molecule has 2 aliphatic heterocycles. The second-order valence-electron chi connectivity index (χ2n) is 17.5. The summed E-state index contributed by atoms with van der Waals surface area (Å²) in [5.74, 6) is 3.24. The van der Waals surface area contributed by atoms with Gasteiger partial charge in [0.1, 0.15) is 34.0 Å². The lowest BCUT2D eigenvalue weighted by Crippen LogP contribution is -2.61. The van der Waals surface area contributed by atoms with Crippen molar-refractivity contribution in [2.75, 3.05) is 26.2 Å². The van der Waals surface area contributed by atoms with Gasteiger partial charge >= 0.3 is 0 Å². The average Bonchev–Trinajstić information content (AvgIpc) is 3.24. The van der Waals surface area contributed by atoms with E-state index in [9.17, 15) is 4.79 Å². The fourth-order valence-corrected chi connectivity index (χ4v) is 10.6. The Bertz CT molecular complexity index is 2280. The van der Waals surface area contributed by atoms with Crippen LogP contribution in [0, 0.1) is 11.8 Å². The molecule has 2 saturated carbocycles. The van der Waals surface area contributed by atoms with Crippen LogP contribution in [0.1, 0.15) is 64.2 Å². The number of Topliss-reactive ketones (excluding diaryl/α,β-unsaturated/α-hetero) is 1. The molecule has 0 N–H and O–H groups in total. The first-order valence-corrected chi connectivity index (χ1v) is 22.8. The number of piperidine rings is 2. The summed E-state index contributed by atoms with van der Waals surface area (Å²) in [5, 5.41) is 5.13. The number of halogens is 2. The van der Waals surface area contributed by atoms with Gasteiger partial charge in [-0.15, -0.1) is 0 Å². The van der Waals surface area contributed by atoms with E-state index in [2.05, 4.69) is 92.6 Å². The highest BCUT2D eigenvalue weighted by molar-refractivity contribution is 6.34. The SMILES string of the molecule is O=C(C(C1CCC1)N1CCC(Oc2ccc(-c3ccc4c(Cl)nccc4c3)cc2)CC1)C(C1CCC1)N1CCC(Oc2ccc(-c3ccc4c(Cl)nccc4c3)cc2)CC1. The summed E-state index contributed by atoms with van der Waals surface area (Å²) in [7, 11) is 0. The number of rotatable bonds is 12. The maximum Gasteiger partial charge on any atom is 0.167 e. The number of benzene rings is 4. The van der Waals surface area contributed by atoms with Crippen molar-refractivity contribution >= 4 is 50.5 Å². The Labute approximate surface area is 363 Å². The van der Waals surface area contributed by atoms with Gasteiger partial charge in [-0.3, -0.25) is 14.6 Å². The monoisotopic (exact) mass is 838 g/mol. The Hall–Kier alpha value is -4.53. The van der Waals surface area contributed by atoms with Crippen molar-refractivity contribution < 1.29 is 14.3 Å². The predicted molar refractivity (Wildman–Crippen MR) is 242 cm³/mol. The minimum absolute atomic E-state index is 0.0148. The molecule has 60 heavy (non-hydrogen) atoms. The summed E-state index contributed by atoms with van der Waals surface area (Å²) in [6.45, 7) is 3.62. The molecule has 10 rings (SSSR count). The van der Waals surface area contributed by atoms with Crippen molar-refractivity contribution in [2.45, 2.75) is 88.5 Å². The summed E-state index contributed by atoms with van der Waals surface area (Å²) in [4.78, 5) is 28.5. The quantitative estimate of drug-likeness (QED) is 0.114. The van der Waals surface area contributed by atoms with E-state index < -0.39 is 0 Å². The van der Waals surface area contributed by atoms with Gasteiger partial charge in [0.2, 0.25) is 0 Å². The maximum atomic E-state index is 15.0. The molecule has 4 aliphatic rings. The average molecular weight is 840 g/mol. The van der Waals surface area contributed by atoms with Crippen LogP contribution < -0.4 is 9.47 Å². The summed E-state index contributed by atoms with van der Waals surface area (Å²) >= 11 is 12.6. The Morgan fingerprint density at radius 1 is 0.517 bits per heavy atom. The molecule has 308 valence electrons. The number of hydrogen-bond acceptors (Lipinski definition) is 7. The van der Waals surface area contributed by atoms with E-state index in [1.807, 2.05) is 24.3 Å². The third-order valence-corrected chi connectivity index (χ3v) is 14.5. The third kappa shape index (κ3) is 8.26. The van der Waals surface area contributed by atoms with Crippen LogP contribution in [0.3, 0.4) is 0 Å². The van der Waals surface area contributed by atoms with Crippen molar-refractivity contribution in [2.24, 2.45) is 11.8 Å². The van der Waals surface area contributed by atoms with Gasteiger partial charge in [0.15, 0.2) is 5.78 Å². The zero-order chi connectivity index (χ0) is 40.6. The van der Waals surface area contributed by atoms with E-state index in [1.54, 1.807) is 12.4 Å². The molecule has 4 heterocycles. The normalized spacial score (nSPS) is 19.8. The number of fused-ring (bicyclic) bond motifs is 2. The zero-order valence-electron chi connectivity index (χ0n) is 34.0. The van der Waals surface area contributed by atoms with Crippen LogP contribution in [0.5, 0.6) is 11.5 Å². The minimum atomic E-state index is 0.0148. The van der Waals surface area contributed by atoms with Crippen molar-refractivity contribution in [3.8, 4) is 33.8 Å². The molecule has 0 spiro atoms. The number of aromatic nitrogens is 2. The van der Waals surface area contributed by atoms with Gasteiger partial charge in [0, 0.05) is 49.3 Å². The Kier molecular flexibility index (Phi) is 11.5. The highest BCUT2D eigenvalue weighted by Crippen LogP contribution is 2.40. The molecular weight excluding hydrogens is 787 g/mol. The molecule has 2 saturated heterocycles. The van der Waals surface area contributed by atoms with E-state index in [-0.39, 0.29) is 24.3 Å². The molecule has 0 radical (unpaired) electrons. The summed E-state index contributed by atoms with van der Waals surface area (Å²) < 4.78 is 13.1. The number of carbonyl (C=O) groups excluding carboxylic acids is 1. The minimum Gasteiger partial charge on any atom is -0.490 e. The lowest BCUT2D eigenvalue weighted by atomic mass is 9.70. The van der Waals surface area contributed by atoms with Gasteiger partial charge in [0.05, 0.1) is 12.1 Å². The highest BCUT2D eigenvalue weighted by atomic mass is 35.5. The van der Waals surface area contributed by atoms with Gasteiger partial charge in [0.25, 0.3) is 0 Å². The largest absolute Gasteiger partial charge is 0.490 e. The van der Waals surface area contributed by atoms with Gasteiger partial charge in [-0.25, -0.2) is 9.97 Å². The number of hydrogen-bond donors (Lipinski definition) is 0. The summed E-state index contributed by atoms with van der Waals surface area (Å²) in [6.07, 6.45) is 14.7. The van der Waals surface area contributed by atoms with Gasteiger partial charge in [-0.1, -0.05) is 84.6 Å². The van der Waals surface area contributed by atoms with E-state index in [0.29, 0.717) is 27.9 Å². The van der Waals surface area contributed by atoms with Crippen LogP contribution in [-0.4, -0.2) is 76.0 Å². The molecule has 2 unspecified atom stereocenters. The molecule has 7 nitrogen and oxygen atoms in total. The smallest absolute Gasteiger partial charge is 0.167 e. The second-order valence-corrected chi connectivity index (χ2v) is 18.2. The van der Waals surface area contributed by atoms with Crippen molar-refractivity contribution in [1.82, 2.24) is 19.8 Å². The predicted octanol–water partition coefficient (Wildman–Crippen LogP) is 11.7. The first-order chi connectivity index (χ1) is 29.4. The molecule has 2 aromatic heterocycles. The van der Waals surface area contributed by atoms with Crippen LogP contribution in [0.15, 0.2) is 109 Å². The molecule has 6 aromatic rings. The number of nitrogens with zero attached hydrogens (tertiary/aromatic N) is 4. The molecule has 0 amide bonds. The summed E-state index contributed by atoms with van der Waals surface area (Å²) in [6, 6.07) is 33.5. The van der Waals surface area contributed by atoms with Crippen molar-refractivity contribution in [3.05, 3.63) is 120 Å². The third-order valence-electron chi connectivity index (χ3n) is 13.9. The number of ether oxygens (including phenoxy) is 2. The topological polar surface area (TPSA) is 67.8 Å². The van der Waals surface area contributed by atoms with Gasteiger partial charge in [-0.2, -0.15) is 0 Å². The van der Waals surface area contributed by atoms with E-state index >= 15 is 0 Å². The molecule has 2 atom stereocenters. The maximum absolute atomic E-state index is 15.0. The fourth-order valence-electron chi connectivity index (χ4n) is 10.1. The number of ketones is 1. The van der Waals surface area contributed by atoms with Crippen LogP contribution >= 0.6 is 23.2 Å². The molecule has 4 fully saturated rings. The first-order valence-electron chi connectivity index (χ1n) is 22.1. The van der Waals surface area contributed by atoms with E-state index in [1.165, 1.54) is 38.5 Å². The van der Waals surface area contributed by atoms with Crippen LogP contribution in [-0.2, 0) is 4.79 Å². The lowest BCUT2D eigenvalue weighted by Gasteiger charge is -2.49. The van der Waals surface area contributed by atoms with Crippen molar-refractivity contribution in [1.29, 1.82) is 0 Å². The van der Waals surface area contributed by atoms with Crippen LogP contribution in [0.25, 0.3) is 43.8 Å². The lowest BCUT2D eigenvalue weighted by molar-refractivity contribution is -0.139. The molecular formula is C51H52Cl2N4O3. The van der Waals surface area contributed by atoms with Crippen LogP contribution in [0.4, 0.5) is 0 Å². The van der Waals surface area contributed by atoms with Crippen molar-refractivity contribution in [3.63, 3.8) is 0 Å². The standard InChI is InChI=1S/C51H52Cl2N4O3/c52-50-45-17-11-37(31-39(45)19-25-54-50)33-7-13-41(14-8-33)59-43-21-27-56(28-22-43)47(35-3-1-4-35)49(58)48(36-5-2-6-36)57-29-23-44(24-30-57)60-42-15-9-34(10-16-42)38-12-18-46-40(32-38)20-26-55-51(46)53/h7-20,25-26,31-32,35-36,43-44,47-48H,1-6,21-24,27-30H2. The van der Waals surface area contributed by atoms with Gasteiger partial charge in [-0.05, 0) is 145 Å². The highest BCUT2D eigenvalue weighted by Gasteiger charge is 2.46. The second kappa shape index (κ2) is 17.4. The first kappa shape index (κ1) is 39.6. The fraction of sp³-hybridized carbons (Fsp3) is 0.392. The molecule has 0 bridgehead atoms. The number of carbonyl (C=O) groups is 1. The van der Waals surface area contributed by atoms with Crippen LogP contribution in [0.2, 0.25) is 10.3 Å². The number of pyridine rings is 2. The van der Waals surface area contributed by atoms with E-state index in [0.717, 1.165) is 107 Å². The molecule has 4 aromatic carbocycles. The number of likely N-dealkylation sites (tertiary alicyclic amines) is 2.